The SMILES string of the molecule is Cn1cccc1-c1cc(C(=O)N2CCN(c3ccc([N+](=O)[O-])cc3)CC2)n(-c2ccc(Cl)cc2)n1. The molecule has 178 valence electrons. The van der Waals surface area contributed by atoms with Crippen LogP contribution in [0.15, 0.2) is 72.9 Å². The number of hydrogen-bond acceptors (Lipinski definition) is 5. The highest BCUT2D eigenvalue weighted by molar-refractivity contribution is 6.30. The molecule has 0 saturated carbocycles. The van der Waals surface area contributed by atoms with E-state index in [9.17, 15) is 14.9 Å². The number of aryl methyl sites for hydroxylation is 1. The number of anilines is 1. The zero-order chi connectivity index (χ0) is 24.5. The molecular formula is C25H23ClN6O3. The first-order chi connectivity index (χ1) is 16.9. The molecule has 1 fully saturated rings. The van der Waals surface area contributed by atoms with Crippen LogP contribution >= 0.6 is 11.6 Å². The van der Waals surface area contributed by atoms with E-state index in [1.165, 1.54) is 12.1 Å². The van der Waals surface area contributed by atoms with E-state index in [4.69, 9.17) is 16.7 Å². The van der Waals surface area contributed by atoms with Crippen molar-refractivity contribution >= 4 is 28.9 Å². The Morgan fingerprint density at radius 3 is 2.23 bits per heavy atom. The largest absolute Gasteiger partial charge is 0.368 e. The van der Waals surface area contributed by atoms with Crippen molar-refractivity contribution in [3.63, 3.8) is 0 Å². The van der Waals surface area contributed by atoms with Crippen molar-refractivity contribution in [2.75, 3.05) is 31.1 Å². The molecule has 2 aromatic heterocycles. The van der Waals surface area contributed by atoms with Crippen LogP contribution in [0, 0.1) is 10.1 Å². The molecule has 0 aliphatic carbocycles. The third kappa shape index (κ3) is 4.50. The number of amides is 1. The molecule has 3 heterocycles. The maximum Gasteiger partial charge on any atom is 0.272 e. The number of non-ortho nitro benzene ring substituents is 1. The molecular weight excluding hydrogens is 468 g/mol. The molecule has 0 radical (unpaired) electrons. The first-order valence-corrected chi connectivity index (χ1v) is 11.5. The Bertz CT molecular complexity index is 1370. The van der Waals surface area contributed by atoms with E-state index in [1.807, 2.05) is 53.0 Å². The Morgan fingerprint density at radius 2 is 1.63 bits per heavy atom. The quantitative estimate of drug-likeness (QED) is 0.305. The molecule has 1 amide bonds. The molecule has 0 atom stereocenters. The van der Waals surface area contributed by atoms with Gasteiger partial charge in [0.2, 0.25) is 0 Å². The molecule has 0 bridgehead atoms. The number of carbonyl (C=O) groups excluding carboxylic acids is 1. The summed E-state index contributed by atoms with van der Waals surface area (Å²) in [6, 6.07) is 19.5. The zero-order valence-corrected chi connectivity index (χ0v) is 19.8. The van der Waals surface area contributed by atoms with Gasteiger partial charge in [-0.25, -0.2) is 4.68 Å². The number of nitrogens with zero attached hydrogens (tertiary/aromatic N) is 6. The molecule has 0 N–H and O–H groups in total. The summed E-state index contributed by atoms with van der Waals surface area (Å²) >= 11 is 6.07. The molecule has 35 heavy (non-hydrogen) atoms. The van der Waals surface area contributed by atoms with E-state index in [0.717, 1.165) is 17.1 Å². The zero-order valence-electron chi connectivity index (χ0n) is 19.0. The van der Waals surface area contributed by atoms with Gasteiger partial charge in [-0.15, -0.1) is 0 Å². The summed E-state index contributed by atoms with van der Waals surface area (Å²) in [5, 5.41) is 16.3. The van der Waals surface area contributed by atoms with Crippen molar-refractivity contribution in [1.82, 2.24) is 19.2 Å². The van der Waals surface area contributed by atoms with Crippen LogP contribution in [0.1, 0.15) is 10.5 Å². The average molecular weight is 491 g/mol. The molecule has 5 rings (SSSR count). The minimum atomic E-state index is -0.409. The fourth-order valence-corrected chi connectivity index (χ4v) is 4.41. The minimum Gasteiger partial charge on any atom is -0.368 e. The van der Waals surface area contributed by atoms with Gasteiger partial charge in [-0.2, -0.15) is 5.10 Å². The van der Waals surface area contributed by atoms with E-state index < -0.39 is 4.92 Å². The number of nitro groups is 1. The summed E-state index contributed by atoms with van der Waals surface area (Å²) in [5.41, 5.74) is 3.82. The van der Waals surface area contributed by atoms with E-state index >= 15 is 0 Å². The number of carbonyl (C=O) groups is 1. The normalized spacial score (nSPS) is 13.8. The number of nitro benzene ring substituents is 1. The number of halogens is 1. The van der Waals surface area contributed by atoms with Crippen molar-refractivity contribution in [3.8, 4) is 17.1 Å². The third-order valence-corrected chi connectivity index (χ3v) is 6.45. The van der Waals surface area contributed by atoms with Crippen LogP contribution in [0.3, 0.4) is 0 Å². The van der Waals surface area contributed by atoms with E-state index in [2.05, 4.69) is 4.90 Å². The van der Waals surface area contributed by atoms with Gasteiger partial charge in [0.15, 0.2) is 0 Å². The van der Waals surface area contributed by atoms with Crippen molar-refractivity contribution in [1.29, 1.82) is 0 Å². The second-order valence-corrected chi connectivity index (χ2v) is 8.80. The number of benzene rings is 2. The molecule has 0 spiro atoms. The standard InChI is InChI=1S/C25H23ClN6O3/c1-28-12-2-3-23(28)22-17-24(31(27-22)20-6-4-18(26)5-7-20)25(33)30-15-13-29(14-16-30)19-8-10-21(11-9-19)32(34)35/h2-12,17H,13-16H2,1H3. The molecule has 0 unspecified atom stereocenters. The van der Waals surface area contributed by atoms with Crippen LogP contribution in [0.4, 0.5) is 11.4 Å². The second-order valence-electron chi connectivity index (χ2n) is 8.36. The molecule has 10 heteroatoms. The van der Waals surface area contributed by atoms with Crippen LogP contribution < -0.4 is 4.90 Å². The monoisotopic (exact) mass is 490 g/mol. The van der Waals surface area contributed by atoms with Crippen molar-refractivity contribution in [3.05, 3.63) is 93.8 Å². The lowest BCUT2D eigenvalue weighted by molar-refractivity contribution is -0.384. The Hall–Kier alpha value is -4.11. The topological polar surface area (TPSA) is 89.4 Å². The lowest BCUT2D eigenvalue weighted by Gasteiger charge is -2.36. The summed E-state index contributed by atoms with van der Waals surface area (Å²) in [4.78, 5) is 28.1. The molecule has 1 aliphatic rings. The summed E-state index contributed by atoms with van der Waals surface area (Å²) in [5.74, 6) is -0.101. The number of piperazine rings is 1. The predicted octanol–water partition coefficient (Wildman–Crippen LogP) is 4.40. The fraction of sp³-hybridized carbons (Fsp3) is 0.200. The molecule has 9 nitrogen and oxygen atoms in total. The number of hydrogen-bond donors (Lipinski definition) is 0. The van der Waals surface area contributed by atoms with Crippen molar-refractivity contribution in [2.45, 2.75) is 0 Å². The first kappa shape index (κ1) is 22.7. The predicted molar refractivity (Wildman–Crippen MR) is 134 cm³/mol. The average Bonchev–Trinajstić information content (AvgIpc) is 3.50. The summed E-state index contributed by atoms with van der Waals surface area (Å²) in [7, 11) is 1.94. The van der Waals surface area contributed by atoms with Crippen LogP contribution in [0.2, 0.25) is 5.02 Å². The maximum atomic E-state index is 13.6. The highest BCUT2D eigenvalue weighted by atomic mass is 35.5. The summed E-state index contributed by atoms with van der Waals surface area (Å²) in [6.45, 7) is 2.31. The lowest BCUT2D eigenvalue weighted by Crippen LogP contribution is -2.49. The number of rotatable bonds is 5. The van der Waals surface area contributed by atoms with Crippen molar-refractivity contribution in [2.24, 2.45) is 7.05 Å². The molecule has 1 saturated heterocycles. The van der Waals surface area contributed by atoms with Crippen LogP contribution in [0.25, 0.3) is 17.1 Å². The van der Waals surface area contributed by atoms with E-state index in [-0.39, 0.29) is 11.6 Å². The smallest absolute Gasteiger partial charge is 0.272 e. The van der Waals surface area contributed by atoms with Gasteiger partial charge in [0.25, 0.3) is 11.6 Å². The highest BCUT2D eigenvalue weighted by Gasteiger charge is 2.27. The third-order valence-electron chi connectivity index (χ3n) is 6.20. The molecule has 2 aromatic carbocycles. The van der Waals surface area contributed by atoms with Gasteiger partial charge in [0.05, 0.1) is 16.3 Å². The lowest BCUT2D eigenvalue weighted by atomic mass is 10.2. The van der Waals surface area contributed by atoms with Crippen LogP contribution in [-0.2, 0) is 7.05 Å². The second kappa shape index (κ2) is 9.27. The highest BCUT2D eigenvalue weighted by Crippen LogP contribution is 2.25. The van der Waals surface area contributed by atoms with Gasteiger partial charge in [-0.05, 0) is 54.6 Å². The fourth-order valence-electron chi connectivity index (χ4n) is 4.28. The van der Waals surface area contributed by atoms with Crippen LogP contribution in [-0.4, -0.2) is 56.3 Å². The van der Waals surface area contributed by atoms with Gasteiger partial charge in [0.1, 0.15) is 11.4 Å². The van der Waals surface area contributed by atoms with Gasteiger partial charge in [-0.3, -0.25) is 14.9 Å². The minimum absolute atomic E-state index is 0.0621. The van der Waals surface area contributed by atoms with Crippen LogP contribution in [0.5, 0.6) is 0 Å². The molecule has 4 aromatic rings. The molecule has 1 aliphatic heterocycles. The van der Waals surface area contributed by atoms with Gasteiger partial charge < -0.3 is 14.4 Å². The van der Waals surface area contributed by atoms with Crippen molar-refractivity contribution < 1.29 is 9.72 Å². The van der Waals surface area contributed by atoms with Gasteiger partial charge >= 0.3 is 0 Å². The Kier molecular flexibility index (Phi) is 6.00. The maximum absolute atomic E-state index is 13.6. The van der Waals surface area contributed by atoms with E-state index in [0.29, 0.717) is 42.6 Å². The van der Waals surface area contributed by atoms with Gasteiger partial charge in [-0.1, -0.05) is 11.6 Å². The Labute approximate surface area is 206 Å². The number of aromatic nitrogens is 3. The Morgan fingerprint density at radius 1 is 0.971 bits per heavy atom. The van der Waals surface area contributed by atoms with Gasteiger partial charge in [0, 0.05) is 62.3 Å². The van der Waals surface area contributed by atoms with E-state index in [1.54, 1.807) is 28.9 Å². The first-order valence-electron chi connectivity index (χ1n) is 11.2. The summed E-state index contributed by atoms with van der Waals surface area (Å²) < 4.78 is 3.63. The summed E-state index contributed by atoms with van der Waals surface area (Å²) in [6.07, 6.45) is 1.94. The Balaban J connectivity index is 1.39.